The number of hydrogen-bond donors (Lipinski definition) is 1. The van der Waals surface area contributed by atoms with Gasteiger partial charge in [-0.05, 0) is 36.4 Å². The molecule has 1 atom stereocenters. The zero-order chi connectivity index (χ0) is 30.1. The quantitative estimate of drug-likeness (QED) is 0.322. The number of nitrogens with zero attached hydrogens (tertiary/aromatic N) is 8. The normalized spacial score (nSPS) is 20.8. The number of furan rings is 1. The summed E-state index contributed by atoms with van der Waals surface area (Å²) in [6, 6.07) is 10.4. The molecular formula is C27H32F3N9O4. The maximum absolute atomic E-state index is 13.7. The van der Waals surface area contributed by atoms with Gasteiger partial charge >= 0.3 is 12.2 Å². The number of halogens is 3. The van der Waals surface area contributed by atoms with Crippen LogP contribution in [-0.4, -0.2) is 122 Å². The van der Waals surface area contributed by atoms with Gasteiger partial charge in [0.15, 0.2) is 11.6 Å². The van der Waals surface area contributed by atoms with Crippen molar-refractivity contribution in [1.82, 2.24) is 24.8 Å². The van der Waals surface area contributed by atoms with Crippen molar-refractivity contribution in [3.63, 3.8) is 0 Å². The molecule has 2 fully saturated rings. The van der Waals surface area contributed by atoms with Gasteiger partial charge in [0, 0.05) is 52.1 Å². The van der Waals surface area contributed by atoms with Crippen LogP contribution in [0.3, 0.4) is 0 Å². The third kappa shape index (κ3) is 5.85. The first-order valence-corrected chi connectivity index (χ1v) is 13.8. The molecule has 2 N–H and O–H groups in total. The summed E-state index contributed by atoms with van der Waals surface area (Å²) in [6.45, 7) is 3.12. The van der Waals surface area contributed by atoms with Gasteiger partial charge in [0.1, 0.15) is 36.6 Å². The number of piperazine rings is 1. The largest absolute Gasteiger partial charge is 0.491 e. The van der Waals surface area contributed by atoms with E-state index in [2.05, 4.69) is 19.8 Å². The highest BCUT2D eigenvalue weighted by Crippen LogP contribution is 2.40. The lowest BCUT2D eigenvalue weighted by Crippen LogP contribution is -2.49. The molecule has 13 nitrogen and oxygen atoms in total. The van der Waals surface area contributed by atoms with Crippen LogP contribution in [0.2, 0.25) is 0 Å². The van der Waals surface area contributed by atoms with E-state index in [0.29, 0.717) is 30.5 Å². The number of hydrazine groups is 2. The minimum atomic E-state index is -4.64. The third-order valence-corrected chi connectivity index (χ3v) is 7.55. The Morgan fingerprint density at radius 1 is 1.07 bits per heavy atom. The molecule has 0 saturated carbocycles. The number of carbonyl (C=O) groups is 1. The smallest absolute Gasteiger partial charge is 0.408 e. The molecule has 4 aliphatic heterocycles. The standard InChI is InChI=1S/C27H32F3N9O4/c1-41-15-16-42-20-6-4-19(5-7-20)35-11-8-34(9-12-35)10-13-36-25-33-24-23(39(25)38(26(36)40)17-27(28,29)30)22(32-18-37(24)31)21-3-2-14-43-21/h2-7,14,18,25H,8-13,15-17,31H2,1H3. The maximum atomic E-state index is 13.7. The molecule has 1 aromatic heterocycles. The number of nitrogens with two attached hydrogens (primary N) is 1. The summed E-state index contributed by atoms with van der Waals surface area (Å²) in [5, 5.41) is 3.01. The van der Waals surface area contributed by atoms with Crippen molar-refractivity contribution in [2.75, 3.05) is 71.0 Å². The highest BCUT2D eigenvalue weighted by atomic mass is 19.4. The van der Waals surface area contributed by atoms with Crippen molar-refractivity contribution >= 4 is 29.6 Å². The Kier molecular flexibility index (Phi) is 7.89. The van der Waals surface area contributed by atoms with E-state index in [4.69, 9.17) is 19.7 Å². The molecule has 2 saturated heterocycles. The van der Waals surface area contributed by atoms with Gasteiger partial charge in [-0.1, -0.05) is 0 Å². The summed E-state index contributed by atoms with van der Waals surface area (Å²) >= 11 is 0. The molecule has 43 heavy (non-hydrogen) atoms. The molecule has 4 aliphatic rings. The van der Waals surface area contributed by atoms with Crippen LogP contribution in [0.4, 0.5) is 23.7 Å². The number of methoxy groups -OCH3 is 1. The van der Waals surface area contributed by atoms with E-state index in [9.17, 15) is 18.0 Å². The van der Waals surface area contributed by atoms with E-state index in [0.717, 1.165) is 42.6 Å². The highest BCUT2D eigenvalue weighted by molar-refractivity contribution is 6.12. The molecule has 1 aromatic carbocycles. The van der Waals surface area contributed by atoms with Crippen LogP contribution in [0.1, 0.15) is 5.76 Å². The SMILES string of the molecule is COCCOc1ccc(N2CCN(CCN3C(=O)N(CC(F)(F)F)N4C5=C(c6ccco6)N=CN(N)C5=NC34)CC2)cc1. The number of urea groups is 1. The van der Waals surface area contributed by atoms with Crippen molar-refractivity contribution in [2.45, 2.75) is 12.5 Å². The second-order valence-electron chi connectivity index (χ2n) is 10.3. The lowest BCUT2D eigenvalue weighted by molar-refractivity contribution is -0.158. The summed E-state index contributed by atoms with van der Waals surface area (Å²) in [4.78, 5) is 28.1. The number of carbonyl (C=O) groups excluding carboxylic acids is 1. The van der Waals surface area contributed by atoms with Gasteiger partial charge in [-0.25, -0.2) is 35.6 Å². The summed E-state index contributed by atoms with van der Waals surface area (Å²) < 4.78 is 57.2. The molecule has 0 spiro atoms. The average molecular weight is 604 g/mol. The average Bonchev–Trinajstić information content (AvgIpc) is 3.71. The summed E-state index contributed by atoms with van der Waals surface area (Å²) in [5.74, 6) is 7.36. The van der Waals surface area contributed by atoms with Gasteiger partial charge in [0.05, 0.1) is 12.9 Å². The van der Waals surface area contributed by atoms with E-state index in [1.54, 1.807) is 19.2 Å². The number of ether oxygens (including phenoxy) is 2. The fourth-order valence-corrected chi connectivity index (χ4v) is 5.46. The Morgan fingerprint density at radius 2 is 1.84 bits per heavy atom. The summed E-state index contributed by atoms with van der Waals surface area (Å²) in [5.41, 5.74) is 1.49. The van der Waals surface area contributed by atoms with Crippen molar-refractivity contribution in [1.29, 1.82) is 0 Å². The topological polar surface area (TPSA) is 119 Å². The first-order chi connectivity index (χ1) is 20.7. The third-order valence-electron chi connectivity index (χ3n) is 7.55. The zero-order valence-corrected chi connectivity index (χ0v) is 23.5. The van der Waals surface area contributed by atoms with Crippen LogP contribution in [-0.2, 0) is 4.74 Å². The van der Waals surface area contributed by atoms with E-state index in [1.165, 1.54) is 22.5 Å². The summed E-state index contributed by atoms with van der Waals surface area (Å²) in [6.07, 6.45) is -2.94. The number of anilines is 1. The van der Waals surface area contributed by atoms with Gasteiger partial charge in [-0.2, -0.15) is 13.2 Å². The van der Waals surface area contributed by atoms with Crippen LogP contribution in [0, 0.1) is 0 Å². The van der Waals surface area contributed by atoms with Crippen LogP contribution in [0.5, 0.6) is 5.75 Å². The van der Waals surface area contributed by atoms with E-state index in [-0.39, 0.29) is 23.8 Å². The van der Waals surface area contributed by atoms with Gasteiger partial charge in [-0.3, -0.25) is 9.80 Å². The Balaban J connectivity index is 1.13. The molecule has 6 rings (SSSR count). The molecular weight excluding hydrogens is 571 g/mol. The van der Waals surface area contributed by atoms with E-state index in [1.807, 2.05) is 24.3 Å². The second-order valence-corrected chi connectivity index (χ2v) is 10.3. The number of amides is 2. The van der Waals surface area contributed by atoms with Gasteiger partial charge < -0.3 is 18.8 Å². The van der Waals surface area contributed by atoms with Gasteiger partial charge in [0.2, 0.25) is 6.29 Å². The van der Waals surface area contributed by atoms with Crippen LogP contribution in [0.25, 0.3) is 5.70 Å². The number of amidine groups is 1. The molecule has 0 aliphatic carbocycles. The molecule has 16 heteroatoms. The first kappa shape index (κ1) is 28.8. The second kappa shape index (κ2) is 11.8. The minimum Gasteiger partial charge on any atom is -0.491 e. The fourth-order valence-electron chi connectivity index (χ4n) is 5.46. The Hall–Kier alpha value is -4.28. The molecule has 230 valence electrons. The Morgan fingerprint density at radius 3 is 2.51 bits per heavy atom. The number of fused-ring (bicyclic) bond motifs is 3. The van der Waals surface area contributed by atoms with Gasteiger partial charge in [-0.15, -0.1) is 0 Å². The number of benzene rings is 1. The van der Waals surface area contributed by atoms with Crippen LogP contribution < -0.4 is 15.5 Å². The monoisotopic (exact) mass is 603 g/mol. The van der Waals surface area contributed by atoms with Crippen molar-refractivity contribution in [3.8, 4) is 5.75 Å². The first-order valence-electron chi connectivity index (χ1n) is 13.8. The van der Waals surface area contributed by atoms with Crippen molar-refractivity contribution in [3.05, 3.63) is 54.1 Å². The zero-order valence-electron chi connectivity index (χ0n) is 23.5. The molecule has 0 bridgehead atoms. The van der Waals surface area contributed by atoms with Crippen molar-refractivity contribution in [2.24, 2.45) is 15.8 Å². The molecule has 0 radical (unpaired) electrons. The van der Waals surface area contributed by atoms with E-state index < -0.39 is 25.0 Å². The fraction of sp³-hybridized carbons (Fsp3) is 0.444. The molecule has 1 unspecified atom stereocenters. The number of alkyl halides is 3. The predicted molar refractivity (Wildman–Crippen MR) is 151 cm³/mol. The van der Waals surface area contributed by atoms with Crippen LogP contribution in [0.15, 0.2) is 62.8 Å². The predicted octanol–water partition coefficient (Wildman–Crippen LogP) is 2.23. The van der Waals surface area contributed by atoms with E-state index >= 15 is 0 Å². The Bertz CT molecular complexity index is 1390. The maximum Gasteiger partial charge on any atom is 0.408 e. The van der Waals surface area contributed by atoms with Gasteiger partial charge in [0.25, 0.3) is 0 Å². The molecule has 2 aromatic rings. The van der Waals surface area contributed by atoms with Crippen LogP contribution >= 0.6 is 0 Å². The lowest BCUT2D eigenvalue weighted by atomic mass is 10.2. The number of aliphatic imine (C=N–C) groups is 2. The number of hydrogen-bond acceptors (Lipinski definition) is 11. The summed E-state index contributed by atoms with van der Waals surface area (Å²) in [7, 11) is 1.63. The minimum absolute atomic E-state index is 0.174. The molecule has 2 amide bonds. The highest BCUT2D eigenvalue weighted by Gasteiger charge is 2.55. The Labute approximate surface area is 245 Å². The lowest BCUT2D eigenvalue weighted by Gasteiger charge is -2.36. The number of rotatable bonds is 10. The molecule has 5 heterocycles. The van der Waals surface area contributed by atoms with Crippen molar-refractivity contribution < 1.29 is 31.9 Å².